The van der Waals surface area contributed by atoms with Crippen LogP contribution in [-0.4, -0.2) is 17.4 Å². The zero-order chi connectivity index (χ0) is 9.07. The lowest BCUT2D eigenvalue weighted by atomic mass is 10.1. The third-order valence-electron chi connectivity index (χ3n) is 1.22. The van der Waals surface area contributed by atoms with Crippen molar-refractivity contribution in [2.75, 3.05) is 0 Å². The number of alkyl halides is 3. The highest BCUT2D eigenvalue weighted by molar-refractivity contribution is 4.88. The Hall–Kier alpha value is -0.510. The average molecular weight is 168 g/mol. The lowest BCUT2D eigenvalue weighted by molar-refractivity contribution is -0.205. The van der Waals surface area contributed by atoms with Crippen LogP contribution in [0.4, 0.5) is 13.2 Å². The van der Waals surface area contributed by atoms with E-state index < -0.39 is 12.3 Å². The van der Waals surface area contributed by atoms with E-state index in [0.717, 1.165) is 0 Å². The Morgan fingerprint density at radius 2 is 2.00 bits per heavy atom. The van der Waals surface area contributed by atoms with Crippen LogP contribution in [0, 0.1) is 0 Å². The van der Waals surface area contributed by atoms with E-state index >= 15 is 0 Å². The number of hydrogen-bond acceptors (Lipinski definition) is 1. The zero-order valence-electron chi connectivity index (χ0n) is 6.28. The highest BCUT2D eigenvalue weighted by Crippen LogP contribution is 2.23. The summed E-state index contributed by atoms with van der Waals surface area (Å²) < 4.78 is 34.9. The van der Waals surface area contributed by atoms with E-state index in [9.17, 15) is 13.2 Å². The Bertz CT molecular complexity index is 139. The fourth-order valence-corrected chi connectivity index (χ4v) is 0.547. The molecule has 4 heteroatoms. The molecule has 1 nitrogen and oxygen atoms in total. The van der Waals surface area contributed by atoms with Gasteiger partial charge in [0.2, 0.25) is 0 Å². The first kappa shape index (κ1) is 10.5. The predicted molar refractivity (Wildman–Crippen MR) is 36.1 cm³/mol. The van der Waals surface area contributed by atoms with Gasteiger partial charge in [-0.25, -0.2) is 0 Å². The van der Waals surface area contributed by atoms with E-state index in [1.807, 2.05) is 0 Å². The van der Waals surface area contributed by atoms with Crippen molar-refractivity contribution in [3.63, 3.8) is 0 Å². The van der Waals surface area contributed by atoms with Gasteiger partial charge in [0.1, 0.15) is 6.10 Å². The highest BCUT2D eigenvalue weighted by atomic mass is 19.4. The molecular weight excluding hydrogens is 157 g/mol. The predicted octanol–water partition coefficient (Wildman–Crippen LogP) is 2.27. The minimum atomic E-state index is -4.49. The molecule has 0 heterocycles. The Kier molecular flexibility index (Phi) is 3.58. The van der Waals surface area contributed by atoms with Gasteiger partial charge in [-0.3, -0.25) is 0 Å². The van der Waals surface area contributed by atoms with Crippen molar-refractivity contribution in [2.45, 2.75) is 32.0 Å². The van der Waals surface area contributed by atoms with Crippen LogP contribution in [0.25, 0.3) is 0 Å². The van der Waals surface area contributed by atoms with Gasteiger partial charge in [0, 0.05) is 0 Å². The van der Waals surface area contributed by atoms with Crippen LogP contribution in [0.1, 0.15) is 19.8 Å². The number of rotatable bonds is 3. The topological polar surface area (TPSA) is 20.2 Å². The number of hydrogen-bond donors (Lipinski definition) is 1. The lowest BCUT2D eigenvalue weighted by Gasteiger charge is -2.13. The molecule has 0 amide bonds. The van der Waals surface area contributed by atoms with Crippen LogP contribution >= 0.6 is 0 Å². The van der Waals surface area contributed by atoms with Crippen molar-refractivity contribution in [3.05, 3.63) is 12.2 Å². The molecule has 0 aromatic carbocycles. The molecule has 0 unspecified atom stereocenters. The summed E-state index contributed by atoms with van der Waals surface area (Å²) in [6.45, 7) is 5.06. The highest BCUT2D eigenvalue weighted by Gasteiger charge is 2.37. The zero-order valence-corrected chi connectivity index (χ0v) is 6.28. The van der Waals surface area contributed by atoms with E-state index in [2.05, 4.69) is 6.58 Å². The minimum absolute atomic E-state index is 0.209. The van der Waals surface area contributed by atoms with Crippen molar-refractivity contribution in [1.29, 1.82) is 0 Å². The smallest absolute Gasteiger partial charge is 0.384 e. The normalized spacial score (nSPS) is 14.6. The van der Waals surface area contributed by atoms with Crippen LogP contribution < -0.4 is 0 Å². The summed E-state index contributed by atoms with van der Waals surface area (Å²) in [5.74, 6) is 0. The molecule has 11 heavy (non-hydrogen) atoms. The largest absolute Gasteiger partial charge is 0.414 e. The maximum Gasteiger partial charge on any atom is 0.414 e. The van der Waals surface area contributed by atoms with E-state index in [1.165, 1.54) is 0 Å². The van der Waals surface area contributed by atoms with E-state index in [-0.39, 0.29) is 12.8 Å². The van der Waals surface area contributed by atoms with E-state index in [4.69, 9.17) is 5.11 Å². The van der Waals surface area contributed by atoms with Crippen LogP contribution in [-0.2, 0) is 0 Å². The molecule has 0 aromatic heterocycles. The van der Waals surface area contributed by atoms with Gasteiger partial charge in [-0.15, -0.1) is 6.58 Å². The maximum absolute atomic E-state index is 11.6. The van der Waals surface area contributed by atoms with Gasteiger partial charge < -0.3 is 5.11 Å². The van der Waals surface area contributed by atoms with Crippen LogP contribution in [0.3, 0.4) is 0 Å². The number of halogens is 3. The second kappa shape index (κ2) is 3.76. The molecule has 0 saturated heterocycles. The van der Waals surface area contributed by atoms with Crippen LogP contribution in [0.5, 0.6) is 0 Å². The number of allylic oxidation sites excluding steroid dienone is 1. The van der Waals surface area contributed by atoms with Gasteiger partial charge in [0.05, 0.1) is 0 Å². The van der Waals surface area contributed by atoms with Crippen LogP contribution in [0.2, 0.25) is 0 Å². The second-order valence-electron chi connectivity index (χ2n) is 2.55. The standard InChI is InChI=1S/C7H11F3O/c1-5(2)3-4-6(11)7(8,9)10/h6,11H,1,3-4H2,2H3/t6-/m0/s1. The first-order valence-corrected chi connectivity index (χ1v) is 3.23. The number of aliphatic hydroxyl groups excluding tert-OH is 1. The van der Waals surface area contributed by atoms with Crippen molar-refractivity contribution < 1.29 is 18.3 Å². The molecule has 0 rings (SSSR count). The lowest BCUT2D eigenvalue weighted by Crippen LogP contribution is -2.28. The third kappa shape index (κ3) is 4.84. The molecule has 0 fully saturated rings. The summed E-state index contributed by atoms with van der Waals surface area (Å²) in [4.78, 5) is 0. The summed E-state index contributed by atoms with van der Waals surface area (Å²) in [5.41, 5.74) is 0.647. The fraction of sp³-hybridized carbons (Fsp3) is 0.714. The molecule has 0 spiro atoms. The average Bonchev–Trinajstić information content (AvgIpc) is 1.80. The summed E-state index contributed by atoms with van der Waals surface area (Å²) in [6.07, 6.45) is -6.78. The third-order valence-corrected chi connectivity index (χ3v) is 1.22. The van der Waals surface area contributed by atoms with Crippen molar-refractivity contribution >= 4 is 0 Å². The first-order chi connectivity index (χ1) is 4.84. The molecule has 1 atom stereocenters. The van der Waals surface area contributed by atoms with Gasteiger partial charge in [0.25, 0.3) is 0 Å². The first-order valence-electron chi connectivity index (χ1n) is 3.23. The Morgan fingerprint density at radius 1 is 1.55 bits per heavy atom. The monoisotopic (exact) mass is 168 g/mol. The summed E-state index contributed by atoms with van der Waals surface area (Å²) in [7, 11) is 0. The molecule has 0 radical (unpaired) electrons. The van der Waals surface area contributed by atoms with E-state index in [1.54, 1.807) is 6.92 Å². The Labute approximate surface area is 63.5 Å². The fourth-order valence-electron chi connectivity index (χ4n) is 0.547. The van der Waals surface area contributed by atoms with Gasteiger partial charge in [-0.2, -0.15) is 13.2 Å². The summed E-state index contributed by atoms with van der Waals surface area (Å²) in [5, 5.41) is 8.47. The van der Waals surface area contributed by atoms with E-state index in [0.29, 0.717) is 5.57 Å². The SMILES string of the molecule is C=C(C)CC[C@H](O)C(F)(F)F. The summed E-state index contributed by atoms with van der Waals surface area (Å²) >= 11 is 0. The van der Waals surface area contributed by atoms with Gasteiger partial charge in [-0.1, -0.05) is 5.57 Å². The van der Waals surface area contributed by atoms with Gasteiger partial charge >= 0.3 is 6.18 Å². The number of aliphatic hydroxyl groups is 1. The summed E-state index contributed by atoms with van der Waals surface area (Å²) in [6, 6.07) is 0. The molecule has 0 aromatic rings. The minimum Gasteiger partial charge on any atom is -0.384 e. The molecular formula is C7H11F3O. The molecule has 1 N–H and O–H groups in total. The molecule has 0 aliphatic carbocycles. The molecule has 0 aliphatic heterocycles. The van der Waals surface area contributed by atoms with Gasteiger partial charge in [-0.05, 0) is 19.8 Å². The quantitative estimate of drug-likeness (QED) is 0.641. The van der Waals surface area contributed by atoms with Gasteiger partial charge in [0.15, 0.2) is 0 Å². The molecule has 0 aliphatic rings. The molecule has 0 saturated carbocycles. The Balaban J connectivity index is 3.70. The van der Waals surface area contributed by atoms with Crippen molar-refractivity contribution in [2.24, 2.45) is 0 Å². The Morgan fingerprint density at radius 3 is 2.27 bits per heavy atom. The van der Waals surface area contributed by atoms with Crippen molar-refractivity contribution in [1.82, 2.24) is 0 Å². The maximum atomic E-state index is 11.6. The molecule has 66 valence electrons. The van der Waals surface area contributed by atoms with Crippen LogP contribution in [0.15, 0.2) is 12.2 Å². The molecule has 0 bridgehead atoms. The van der Waals surface area contributed by atoms with Crippen molar-refractivity contribution in [3.8, 4) is 0 Å². The second-order valence-corrected chi connectivity index (χ2v) is 2.55.